The van der Waals surface area contributed by atoms with Crippen LogP contribution in [0.25, 0.3) is 10.9 Å². The molecular formula is C27H25FN4O6S. The van der Waals surface area contributed by atoms with Crippen LogP contribution in [-0.4, -0.2) is 54.6 Å². The summed E-state index contributed by atoms with van der Waals surface area (Å²) in [5.41, 5.74) is 1.55. The summed E-state index contributed by atoms with van der Waals surface area (Å²) in [6, 6.07) is 9.53. The van der Waals surface area contributed by atoms with Gasteiger partial charge in [0.2, 0.25) is 5.91 Å². The van der Waals surface area contributed by atoms with Crippen LogP contribution in [0.5, 0.6) is 0 Å². The molecule has 0 unspecified atom stereocenters. The Balaban J connectivity index is 1.12. The number of hydrogen-bond donors (Lipinski definition) is 2. The van der Waals surface area contributed by atoms with Crippen molar-refractivity contribution in [2.24, 2.45) is 0 Å². The van der Waals surface area contributed by atoms with E-state index in [1.807, 2.05) is 12.1 Å². The van der Waals surface area contributed by atoms with Gasteiger partial charge in [-0.25, -0.2) is 14.0 Å². The number of benzene rings is 2. The number of carbonyl (C=O) groups excluding carboxylic acids is 3. The molecule has 1 saturated heterocycles. The van der Waals surface area contributed by atoms with Gasteiger partial charge in [0.25, 0.3) is 5.56 Å². The van der Waals surface area contributed by atoms with E-state index in [2.05, 4.69) is 10.6 Å². The lowest BCUT2D eigenvalue weighted by Crippen LogP contribution is -2.36. The first-order valence-corrected chi connectivity index (χ1v) is 13.5. The number of thioether (sulfide) groups is 1. The fraction of sp³-hybridized carbons (Fsp3) is 0.333. The molecule has 0 radical (unpaired) electrons. The van der Waals surface area contributed by atoms with Crippen molar-refractivity contribution in [2.45, 2.75) is 35.9 Å². The van der Waals surface area contributed by atoms with Crippen LogP contribution >= 0.6 is 11.8 Å². The van der Waals surface area contributed by atoms with Gasteiger partial charge < -0.3 is 20.1 Å². The molecule has 3 aliphatic heterocycles. The zero-order chi connectivity index (χ0) is 27.3. The van der Waals surface area contributed by atoms with Gasteiger partial charge in [0.05, 0.1) is 36.7 Å². The Morgan fingerprint density at radius 3 is 2.85 bits per heavy atom. The number of nitrogens with zero attached hydrogens (tertiary/aromatic N) is 2. The molecule has 0 spiro atoms. The third-order valence-electron chi connectivity index (χ3n) is 7.28. The summed E-state index contributed by atoms with van der Waals surface area (Å²) in [4.78, 5) is 52.2. The number of anilines is 2. The first kappa shape index (κ1) is 25.4. The Hall–Kier alpha value is -3.90. The maximum Gasteiger partial charge on any atom is 0.414 e. The minimum Gasteiger partial charge on any atom is -0.467 e. The summed E-state index contributed by atoms with van der Waals surface area (Å²) in [6.07, 6.45) is 0.268. The average Bonchev–Trinajstić information content (AvgIpc) is 3.48. The van der Waals surface area contributed by atoms with Crippen LogP contribution in [0.15, 0.2) is 52.2 Å². The van der Waals surface area contributed by atoms with E-state index in [0.717, 1.165) is 4.90 Å². The van der Waals surface area contributed by atoms with Gasteiger partial charge in [-0.05, 0) is 61.2 Å². The lowest BCUT2D eigenvalue weighted by Gasteiger charge is -2.22. The first-order valence-electron chi connectivity index (χ1n) is 12.6. The summed E-state index contributed by atoms with van der Waals surface area (Å²) in [5, 5.41) is 6.72. The van der Waals surface area contributed by atoms with E-state index in [1.165, 1.54) is 40.5 Å². The van der Waals surface area contributed by atoms with Crippen LogP contribution in [0, 0.1) is 5.82 Å². The van der Waals surface area contributed by atoms with Gasteiger partial charge in [0.15, 0.2) is 6.04 Å². The number of carbonyl (C=O) groups is 3. The van der Waals surface area contributed by atoms with Crippen LogP contribution in [0.1, 0.15) is 30.5 Å². The van der Waals surface area contributed by atoms with E-state index in [1.54, 1.807) is 18.2 Å². The standard InChI is InChI=1S/C27H25FN4O6S/c1-37-26(35)25-23(22-17(28)7-4-14-5-9-21(34)32(25)24(14)22)29-10-2-3-16-12-31(27(36)38-16)15-6-8-19-18(11-15)30-20(33)13-39-19/h4-9,11,16,23,25,29H,2-3,10,12-13H2,1H3,(H,30,33)/t16-,23+,25+/m1/s1. The summed E-state index contributed by atoms with van der Waals surface area (Å²) in [7, 11) is 1.24. The minimum absolute atomic E-state index is 0.0835. The number of rotatable bonds is 7. The molecule has 2 aromatic carbocycles. The third kappa shape index (κ3) is 4.43. The first-order chi connectivity index (χ1) is 18.9. The second kappa shape index (κ2) is 10.0. The summed E-state index contributed by atoms with van der Waals surface area (Å²) < 4.78 is 26.8. The maximum atomic E-state index is 15.0. The van der Waals surface area contributed by atoms with E-state index >= 15 is 4.39 Å². The lowest BCUT2D eigenvalue weighted by atomic mass is 10.0. The summed E-state index contributed by atoms with van der Waals surface area (Å²) in [6.45, 7) is 0.731. The molecular weight excluding hydrogens is 527 g/mol. The summed E-state index contributed by atoms with van der Waals surface area (Å²) in [5.74, 6) is -0.872. The highest BCUT2D eigenvalue weighted by Gasteiger charge is 2.42. The average molecular weight is 553 g/mol. The Morgan fingerprint density at radius 2 is 2.03 bits per heavy atom. The van der Waals surface area contributed by atoms with Crippen molar-refractivity contribution in [3.05, 3.63) is 64.2 Å². The largest absolute Gasteiger partial charge is 0.467 e. The van der Waals surface area contributed by atoms with Crippen LogP contribution in [0.2, 0.25) is 0 Å². The third-order valence-corrected chi connectivity index (χ3v) is 8.35. The molecule has 202 valence electrons. The van der Waals surface area contributed by atoms with Crippen molar-refractivity contribution in [1.29, 1.82) is 0 Å². The fourth-order valence-electron chi connectivity index (χ4n) is 5.52. The van der Waals surface area contributed by atoms with Gasteiger partial charge >= 0.3 is 12.1 Å². The molecule has 10 nitrogen and oxygen atoms in total. The molecule has 4 heterocycles. The Bertz CT molecular complexity index is 1580. The monoisotopic (exact) mass is 552 g/mol. The number of amides is 2. The topological polar surface area (TPSA) is 119 Å². The van der Waals surface area contributed by atoms with E-state index in [4.69, 9.17) is 9.47 Å². The number of fused-ring (bicyclic) bond motifs is 1. The van der Waals surface area contributed by atoms with Crippen molar-refractivity contribution >= 4 is 52.0 Å². The minimum atomic E-state index is -1.04. The number of hydrogen-bond acceptors (Lipinski definition) is 8. The number of aromatic nitrogens is 1. The van der Waals surface area contributed by atoms with E-state index < -0.39 is 35.5 Å². The Labute approximate surface area is 226 Å². The number of nitrogens with one attached hydrogen (secondary N) is 2. The highest BCUT2D eigenvalue weighted by Crippen LogP contribution is 2.41. The second-order valence-corrected chi connectivity index (χ2v) is 10.6. The Morgan fingerprint density at radius 1 is 1.21 bits per heavy atom. The highest BCUT2D eigenvalue weighted by molar-refractivity contribution is 8.00. The lowest BCUT2D eigenvalue weighted by molar-refractivity contribution is -0.145. The molecule has 0 aliphatic carbocycles. The SMILES string of the molecule is COC(=O)[C@@H]1[C@@H](NCCC[C@@H]2CN(c3ccc4c(c3)NC(=O)CS4)C(=O)O2)c2c(F)ccc3ccc(=O)n1c23. The molecule has 0 bridgehead atoms. The molecule has 3 atom stereocenters. The number of methoxy groups -OCH3 is 1. The molecule has 3 aromatic rings. The number of cyclic esters (lactones) is 1. The fourth-order valence-corrected chi connectivity index (χ4v) is 6.31. The molecule has 3 aliphatic rings. The number of pyridine rings is 1. The zero-order valence-electron chi connectivity index (χ0n) is 20.9. The van der Waals surface area contributed by atoms with E-state index in [-0.39, 0.29) is 17.6 Å². The molecule has 6 rings (SSSR count). The molecule has 2 N–H and O–H groups in total. The van der Waals surface area contributed by atoms with Gasteiger partial charge in [0, 0.05) is 22.2 Å². The molecule has 39 heavy (non-hydrogen) atoms. The molecule has 2 amide bonds. The molecule has 1 fully saturated rings. The van der Waals surface area contributed by atoms with Gasteiger partial charge in [-0.2, -0.15) is 0 Å². The quantitative estimate of drug-likeness (QED) is 0.339. The Kier molecular flexibility index (Phi) is 6.51. The normalized spacial score (nSPS) is 21.6. The van der Waals surface area contributed by atoms with Gasteiger partial charge in [-0.1, -0.05) is 0 Å². The number of ether oxygens (including phenoxy) is 2. The smallest absolute Gasteiger partial charge is 0.414 e. The highest BCUT2D eigenvalue weighted by atomic mass is 32.2. The van der Waals surface area contributed by atoms with Gasteiger partial charge in [-0.15, -0.1) is 11.8 Å². The van der Waals surface area contributed by atoms with Gasteiger partial charge in [-0.3, -0.25) is 19.1 Å². The van der Waals surface area contributed by atoms with Crippen molar-refractivity contribution < 1.29 is 28.2 Å². The van der Waals surface area contributed by atoms with Crippen LogP contribution in [0.4, 0.5) is 20.6 Å². The van der Waals surface area contributed by atoms with E-state index in [0.29, 0.717) is 54.0 Å². The van der Waals surface area contributed by atoms with Crippen molar-refractivity contribution in [3.8, 4) is 0 Å². The van der Waals surface area contributed by atoms with Crippen molar-refractivity contribution in [3.63, 3.8) is 0 Å². The molecule has 12 heteroatoms. The predicted molar refractivity (Wildman–Crippen MR) is 143 cm³/mol. The van der Waals surface area contributed by atoms with E-state index in [9.17, 15) is 19.2 Å². The molecule has 1 aromatic heterocycles. The zero-order valence-corrected chi connectivity index (χ0v) is 21.8. The van der Waals surface area contributed by atoms with Crippen molar-refractivity contribution in [2.75, 3.05) is 36.2 Å². The van der Waals surface area contributed by atoms with Gasteiger partial charge in [0.1, 0.15) is 11.9 Å². The van der Waals surface area contributed by atoms with Crippen LogP contribution in [0.3, 0.4) is 0 Å². The van der Waals surface area contributed by atoms with Crippen molar-refractivity contribution in [1.82, 2.24) is 9.88 Å². The van der Waals surface area contributed by atoms with Crippen LogP contribution < -0.4 is 21.1 Å². The second-order valence-electron chi connectivity index (χ2n) is 9.62. The number of esters is 1. The predicted octanol–water partition coefficient (Wildman–Crippen LogP) is 3.35. The number of halogens is 1. The summed E-state index contributed by atoms with van der Waals surface area (Å²) >= 11 is 1.45. The maximum absolute atomic E-state index is 15.0. The molecule has 0 saturated carbocycles. The van der Waals surface area contributed by atoms with Crippen LogP contribution in [-0.2, 0) is 19.1 Å².